The number of hydrogen-bond acceptors (Lipinski definition) is 3. The predicted molar refractivity (Wildman–Crippen MR) is 119 cm³/mol. The number of nitrogens with one attached hydrogen (secondary N) is 1. The second-order valence-corrected chi connectivity index (χ2v) is 8.41. The highest BCUT2D eigenvalue weighted by molar-refractivity contribution is 9.10. The van der Waals surface area contributed by atoms with Crippen molar-refractivity contribution in [1.29, 1.82) is 0 Å². The zero-order valence-electron chi connectivity index (χ0n) is 17.4. The van der Waals surface area contributed by atoms with Crippen LogP contribution in [0.2, 0.25) is 0 Å². The number of carbonyl (C=O) groups is 2. The maximum atomic E-state index is 13.1. The molecule has 29 heavy (non-hydrogen) atoms. The Bertz CT molecular complexity index is 821. The third kappa shape index (κ3) is 7.20. The van der Waals surface area contributed by atoms with Crippen LogP contribution in [-0.2, 0) is 22.6 Å². The van der Waals surface area contributed by atoms with E-state index in [1.807, 2.05) is 62.4 Å². The zero-order chi connectivity index (χ0) is 21.4. The summed E-state index contributed by atoms with van der Waals surface area (Å²) in [4.78, 5) is 27.4. The van der Waals surface area contributed by atoms with Gasteiger partial charge in [0.1, 0.15) is 11.8 Å². The molecule has 156 valence electrons. The van der Waals surface area contributed by atoms with E-state index in [1.165, 1.54) is 0 Å². The summed E-state index contributed by atoms with van der Waals surface area (Å²) in [6.45, 7) is 6.81. The molecule has 0 unspecified atom stereocenters. The van der Waals surface area contributed by atoms with Crippen LogP contribution >= 0.6 is 15.9 Å². The second-order valence-electron chi connectivity index (χ2n) is 7.49. The van der Waals surface area contributed by atoms with Crippen molar-refractivity contribution in [3.05, 3.63) is 64.1 Å². The monoisotopic (exact) mass is 460 g/mol. The number of rotatable bonds is 9. The molecule has 0 aliphatic heterocycles. The van der Waals surface area contributed by atoms with Crippen LogP contribution in [-0.4, -0.2) is 36.4 Å². The molecule has 2 rings (SSSR count). The number of nitrogens with zero attached hydrogens (tertiary/aromatic N) is 1. The molecule has 0 bridgehead atoms. The maximum absolute atomic E-state index is 13.1. The lowest BCUT2D eigenvalue weighted by atomic mass is 10.1. The fraction of sp³-hybridized carbons (Fsp3) is 0.391. The Balaban J connectivity index is 2.19. The van der Waals surface area contributed by atoms with Gasteiger partial charge in [-0.25, -0.2) is 0 Å². The minimum Gasteiger partial charge on any atom is -0.497 e. The van der Waals surface area contributed by atoms with Crippen LogP contribution in [0.15, 0.2) is 53.0 Å². The van der Waals surface area contributed by atoms with E-state index in [0.717, 1.165) is 21.3 Å². The normalized spacial score (nSPS) is 11.8. The summed E-state index contributed by atoms with van der Waals surface area (Å²) < 4.78 is 6.11. The first-order valence-electron chi connectivity index (χ1n) is 9.74. The predicted octanol–water partition coefficient (Wildman–Crippen LogP) is 4.19. The summed E-state index contributed by atoms with van der Waals surface area (Å²) in [6, 6.07) is 14.6. The van der Waals surface area contributed by atoms with Gasteiger partial charge in [-0.2, -0.15) is 0 Å². The maximum Gasteiger partial charge on any atom is 0.242 e. The van der Waals surface area contributed by atoms with E-state index in [2.05, 4.69) is 21.2 Å². The van der Waals surface area contributed by atoms with Gasteiger partial charge in [0.2, 0.25) is 11.8 Å². The SMILES string of the molecule is COc1ccc(CC(=O)N(Cc2cccc(Br)c2)[C@@H](C)C(=O)NCC(C)C)cc1. The lowest BCUT2D eigenvalue weighted by Gasteiger charge is -2.29. The average molecular weight is 461 g/mol. The van der Waals surface area contributed by atoms with E-state index < -0.39 is 6.04 Å². The first-order chi connectivity index (χ1) is 13.8. The van der Waals surface area contributed by atoms with Crippen LogP contribution in [0.4, 0.5) is 0 Å². The molecule has 2 aromatic carbocycles. The van der Waals surface area contributed by atoms with Gasteiger partial charge in [0.05, 0.1) is 13.5 Å². The smallest absolute Gasteiger partial charge is 0.242 e. The van der Waals surface area contributed by atoms with Crippen molar-refractivity contribution in [3.63, 3.8) is 0 Å². The minimum absolute atomic E-state index is 0.0951. The van der Waals surface area contributed by atoms with E-state index in [9.17, 15) is 9.59 Å². The van der Waals surface area contributed by atoms with Gasteiger partial charge in [0.25, 0.3) is 0 Å². The van der Waals surface area contributed by atoms with Crippen molar-refractivity contribution < 1.29 is 14.3 Å². The van der Waals surface area contributed by atoms with E-state index in [0.29, 0.717) is 19.0 Å². The van der Waals surface area contributed by atoms with Crippen LogP contribution in [0, 0.1) is 5.92 Å². The van der Waals surface area contributed by atoms with Crippen LogP contribution in [0.5, 0.6) is 5.75 Å². The number of hydrogen-bond donors (Lipinski definition) is 1. The molecule has 0 heterocycles. The molecular weight excluding hydrogens is 432 g/mol. The highest BCUT2D eigenvalue weighted by Crippen LogP contribution is 2.17. The van der Waals surface area contributed by atoms with Crippen molar-refractivity contribution in [2.75, 3.05) is 13.7 Å². The first kappa shape index (κ1) is 22.9. The summed E-state index contributed by atoms with van der Waals surface area (Å²) in [6.07, 6.45) is 0.222. The minimum atomic E-state index is -0.571. The Morgan fingerprint density at radius 3 is 2.34 bits per heavy atom. The van der Waals surface area contributed by atoms with Gasteiger partial charge < -0.3 is 15.0 Å². The Morgan fingerprint density at radius 2 is 1.76 bits per heavy atom. The summed E-state index contributed by atoms with van der Waals surface area (Å²) in [5.74, 6) is 0.854. The molecule has 2 aromatic rings. The third-order valence-electron chi connectivity index (χ3n) is 4.61. The van der Waals surface area contributed by atoms with Crippen molar-refractivity contribution in [3.8, 4) is 5.75 Å². The standard InChI is InChI=1S/C23H29BrN2O3/c1-16(2)14-25-23(28)17(3)26(15-19-6-5-7-20(24)12-19)22(27)13-18-8-10-21(29-4)11-9-18/h5-12,16-17H,13-15H2,1-4H3,(H,25,28)/t17-/m0/s1. The van der Waals surface area contributed by atoms with E-state index in [4.69, 9.17) is 4.74 Å². The van der Waals surface area contributed by atoms with E-state index in [-0.39, 0.29) is 18.2 Å². The molecule has 0 saturated heterocycles. The van der Waals surface area contributed by atoms with Gasteiger partial charge >= 0.3 is 0 Å². The zero-order valence-corrected chi connectivity index (χ0v) is 19.0. The van der Waals surface area contributed by atoms with Crippen molar-refractivity contribution in [2.45, 2.75) is 39.8 Å². The molecule has 0 spiro atoms. The molecule has 0 aliphatic rings. The summed E-state index contributed by atoms with van der Waals surface area (Å²) in [5, 5.41) is 2.93. The molecule has 0 aliphatic carbocycles. The Kier molecular flexibility index (Phi) is 8.70. The second kappa shape index (κ2) is 11.0. The summed E-state index contributed by atoms with van der Waals surface area (Å²) in [7, 11) is 1.61. The van der Waals surface area contributed by atoms with Crippen LogP contribution < -0.4 is 10.1 Å². The topological polar surface area (TPSA) is 58.6 Å². The molecule has 0 fully saturated rings. The van der Waals surface area contributed by atoms with Gasteiger partial charge in [-0.15, -0.1) is 0 Å². The van der Waals surface area contributed by atoms with Crippen LogP contribution in [0.1, 0.15) is 31.9 Å². The lowest BCUT2D eigenvalue weighted by Crippen LogP contribution is -2.48. The molecule has 0 aromatic heterocycles. The molecule has 0 radical (unpaired) electrons. The number of ether oxygens (including phenoxy) is 1. The number of carbonyl (C=O) groups excluding carboxylic acids is 2. The Morgan fingerprint density at radius 1 is 1.07 bits per heavy atom. The molecule has 6 heteroatoms. The summed E-state index contributed by atoms with van der Waals surface area (Å²) >= 11 is 3.47. The third-order valence-corrected chi connectivity index (χ3v) is 5.10. The number of halogens is 1. The largest absolute Gasteiger partial charge is 0.497 e. The highest BCUT2D eigenvalue weighted by atomic mass is 79.9. The van der Waals surface area contributed by atoms with Crippen LogP contribution in [0.25, 0.3) is 0 Å². The van der Waals surface area contributed by atoms with Gasteiger partial charge in [0, 0.05) is 17.6 Å². The van der Waals surface area contributed by atoms with Gasteiger partial charge in [-0.05, 0) is 48.2 Å². The summed E-state index contributed by atoms with van der Waals surface area (Å²) in [5.41, 5.74) is 1.84. The van der Waals surface area contributed by atoms with Gasteiger partial charge in [-0.1, -0.05) is 54.0 Å². The molecule has 2 amide bonds. The quantitative estimate of drug-likeness (QED) is 0.610. The molecule has 1 N–H and O–H groups in total. The van der Waals surface area contributed by atoms with E-state index in [1.54, 1.807) is 18.9 Å². The fourth-order valence-corrected chi connectivity index (χ4v) is 3.33. The molecule has 1 atom stereocenters. The van der Waals surface area contributed by atoms with Crippen molar-refractivity contribution in [1.82, 2.24) is 10.2 Å². The highest BCUT2D eigenvalue weighted by Gasteiger charge is 2.26. The molecule has 0 saturated carbocycles. The first-order valence-corrected chi connectivity index (χ1v) is 10.5. The Hall–Kier alpha value is -2.34. The number of methoxy groups -OCH3 is 1. The number of amides is 2. The van der Waals surface area contributed by atoms with E-state index >= 15 is 0 Å². The van der Waals surface area contributed by atoms with Crippen LogP contribution in [0.3, 0.4) is 0 Å². The van der Waals surface area contributed by atoms with Gasteiger partial charge in [-0.3, -0.25) is 9.59 Å². The lowest BCUT2D eigenvalue weighted by molar-refractivity contribution is -0.140. The number of benzene rings is 2. The Labute approximate surface area is 181 Å². The molecule has 5 nitrogen and oxygen atoms in total. The van der Waals surface area contributed by atoms with Crippen molar-refractivity contribution in [2.24, 2.45) is 5.92 Å². The van der Waals surface area contributed by atoms with Gasteiger partial charge in [0.15, 0.2) is 0 Å². The van der Waals surface area contributed by atoms with Crippen molar-refractivity contribution >= 4 is 27.7 Å². The average Bonchev–Trinajstić information content (AvgIpc) is 2.70. The fourth-order valence-electron chi connectivity index (χ4n) is 2.89. The molecular formula is C23H29BrN2O3.